The van der Waals surface area contributed by atoms with E-state index in [4.69, 9.17) is 9.15 Å². The van der Waals surface area contributed by atoms with Gasteiger partial charge in [-0.1, -0.05) is 48.5 Å². The summed E-state index contributed by atoms with van der Waals surface area (Å²) in [5.74, 6) is 1.59. The number of benzene rings is 3. The number of nitrogens with zero attached hydrogens (tertiary/aromatic N) is 4. The molecule has 37 heavy (non-hydrogen) atoms. The fourth-order valence-corrected chi connectivity index (χ4v) is 4.20. The Kier molecular flexibility index (Phi) is 7.55. The summed E-state index contributed by atoms with van der Waals surface area (Å²) in [5.41, 5.74) is 2.55. The first kappa shape index (κ1) is 24.2. The summed E-state index contributed by atoms with van der Waals surface area (Å²) in [7, 11) is 0. The van der Waals surface area contributed by atoms with Crippen molar-refractivity contribution < 1.29 is 18.7 Å². The molecular weight excluding hydrogens is 468 g/mol. The fourth-order valence-electron chi connectivity index (χ4n) is 4.20. The lowest BCUT2D eigenvalue weighted by atomic mass is 10.1. The third kappa shape index (κ3) is 6.22. The van der Waals surface area contributed by atoms with E-state index in [9.17, 15) is 9.59 Å². The summed E-state index contributed by atoms with van der Waals surface area (Å²) in [5, 5.41) is 8.13. The van der Waals surface area contributed by atoms with Crippen LogP contribution >= 0.6 is 0 Å². The predicted octanol–water partition coefficient (Wildman–Crippen LogP) is 4.23. The van der Waals surface area contributed by atoms with Crippen LogP contribution in [0.15, 0.2) is 89.3 Å². The van der Waals surface area contributed by atoms with E-state index in [2.05, 4.69) is 10.2 Å². The van der Waals surface area contributed by atoms with Gasteiger partial charge < -0.3 is 19.0 Å². The number of hydrogen-bond acceptors (Lipinski definition) is 6. The summed E-state index contributed by atoms with van der Waals surface area (Å²) in [4.78, 5) is 29.2. The molecule has 1 aliphatic rings. The number of piperazine rings is 1. The number of hydrogen-bond donors (Lipinski definition) is 0. The summed E-state index contributed by atoms with van der Waals surface area (Å²) < 4.78 is 11.5. The first-order chi connectivity index (χ1) is 18.2. The lowest BCUT2D eigenvalue weighted by Crippen LogP contribution is -2.50. The van der Waals surface area contributed by atoms with Crippen molar-refractivity contribution in [3.05, 3.63) is 102 Å². The van der Waals surface area contributed by atoms with Crippen LogP contribution in [0.25, 0.3) is 11.5 Å². The molecule has 0 saturated carbocycles. The minimum atomic E-state index is -0.0407. The van der Waals surface area contributed by atoms with Crippen LogP contribution in [0.5, 0.6) is 5.75 Å². The van der Waals surface area contributed by atoms with E-state index in [1.54, 1.807) is 21.9 Å². The van der Waals surface area contributed by atoms with Crippen molar-refractivity contribution in [3.8, 4) is 17.2 Å². The molecule has 8 heteroatoms. The topological polar surface area (TPSA) is 88.8 Å². The van der Waals surface area contributed by atoms with Crippen LogP contribution in [-0.2, 0) is 17.8 Å². The zero-order valence-electron chi connectivity index (χ0n) is 20.5. The molecule has 1 aromatic heterocycles. The van der Waals surface area contributed by atoms with Crippen molar-refractivity contribution >= 4 is 11.8 Å². The van der Waals surface area contributed by atoms with Gasteiger partial charge in [-0.25, -0.2) is 0 Å². The van der Waals surface area contributed by atoms with E-state index in [1.165, 1.54) is 0 Å². The Labute approximate surface area is 215 Å². The van der Waals surface area contributed by atoms with Crippen LogP contribution in [0.3, 0.4) is 0 Å². The Morgan fingerprint density at radius 2 is 1.43 bits per heavy atom. The van der Waals surface area contributed by atoms with Gasteiger partial charge in [0.15, 0.2) is 0 Å². The number of carbonyl (C=O) groups is 2. The van der Waals surface area contributed by atoms with Gasteiger partial charge >= 0.3 is 0 Å². The SMILES string of the molecule is O=C(CCc1nnc(-c2ccccc2)o1)N1CCN(C(=O)c2ccc(OCc3ccccc3)cc2)CC1. The second kappa shape index (κ2) is 11.5. The van der Waals surface area contributed by atoms with Gasteiger partial charge in [-0.05, 0) is 42.0 Å². The molecule has 3 aromatic carbocycles. The zero-order chi connectivity index (χ0) is 25.5. The quantitative estimate of drug-likeness (QED) is 0.363. The zero-order valence-corrected chi connectivity index (χ0v) is 20.5. The Hall–Kier alpha value is -4.46. The Morgan fingerprint density at radius 3 is 2.14 bits per heavy atom. The molecule has 1 fully saturated rings. The van der Waals surface area contributed by atoms with Gasteiger partial charge in [0.1, 0.15) is 12.4 Å². The molecule has 5 rings (SSSR count). The molecule has 0 aliphatic carbocycles. The van der Waals surface area contributed by atoms with Crippen LogP contribution in [0.4, 0.5) is 0 Å². The summed E-state index contributed by atoms with van der Waals surface area (Å²) in [6, 6.07) is 26.7. The number of aryl methyl sites for hydroxylation is 1. The summed E-state index contributed by atoms with van der Waals surface area (Å²) in [6.45, 7) is 2.47. The molecule has 1 saturated heterocycles. The molecule has 2 amide bonds. The van der Waals surface area contributed by atoms with E-state index < -0.39 is 0 Å². The highest BCUT2D eigenvalue weighted by Gasteiger charge is 2.25. The highest BCUT2D eigenvalue weighted by molar-refractivity contribution is 5.94. The molecule has 1 aliphatic heterocycles. The molecule has 2 heterocycles. The lowest BCUT2D eigenvalue weighted by Gasteiger charge is -2.34. The maximum absolute atomic E-state index is 13.0. The molecule has 188 valence electrons. The monoisotopic (exact) mass is 496 g/mol. The van der Waals surface area contributed by atoms with Gasteiger partial charge in [0, 0.05) is 50.1 Å². The Morgan fingerprint density at radius 1 is 0.784 bits per heavy atom. The Balaban J connectivity index is 1.07. The van der Waals surface area contributed by atoms with Gasteiger partial charge in [-0.2, -0.15) is 0 Å². The molecule has 0 radical (unpaired) electrons. The van der Waals surface area contributed by atoms with E-state index in [-0.39, 0.29) is 18.2 Å². The number of aromatic nitrogens is 2. The van der Waals surface area contributed by atoms with Gasteiger partial charge in [0.25, 0.3) is 5.91 Å². The second-order valence-corrected chi connectivity index (χ2v) is 8.84. The van der Waals surface area contributed by atoms with Crippen molar-refractivity contribution in [1.29, 1.82) is 0 Å². The smallest absolute Gasteiger partial charge is 0.253 e. The molecule has 4 aromatic rings. The van der Waals surface area contributed by atoms with Crippen molar-refractivity contribution in [1.82, 2.24) is 20.0 Å². The third-order valence-corrected chi connectivity index (χ3v) is 6.31. The normalized spacial score (nSPS) is 13.4. The van der Waals surface area contributed by atoms with Crippen LogP contribution in [0.1, 0.15) is 28.2 Å². The fraction of sp³-hybridized carbons (Fsp3) is 0.241. The second-order valence-electron chi connectivity index (χ2n) is 8.84. The minimum Gasteiger partial charge on any atom is -0.489 e. The Bertz CT molecular complexity index is 1320. The number of ether oxygens (including phenoxy) is 1. The molecule has 0 atom stereocenters. The predicted molar refractivity (Wildman–Crippen MR) is 138 cm³/mol. The highest BCUT2D eigenvalue weighted by atomic mass is 16.5. The molecule has 8 nitrogen and oxygen atoms in total. The van der Waals surface area contributed by atoms with Crippen LogP contribution in [-0.4, -0.2) is 58.0 Å². The van der Waals surface area contributed by atoms with Gasteiger partial charge in [0.2, 0.25) is 17.7 Å². The van der Waals surface area contributed by atoms with E-state index in [0.29, 0.717) is 62.3 Å². The third-order valence-electron chi connectivity index (χ3n) is 6.31. The van der Waals surface area contributed by atoms with E-state index in [0.717, 1.165) is 11.1 Å². The lowest BCUT2D eigenvalue weighted by molar-refractivity contribution is -0.132. The summed E-state index contributed by atoms with van der Waals surface area (Å²) in [6.07, 6.45) is 0.672. The number of rotatable bonds is 8. The van der Waals surface area contributed by atoms with Crippen molar-refractivity contribution in [2.24, 2.45) is 0 Å². The first-order valence-corrected chi connectivity index (χ1v) is 12.4. The van der Waals surface area contributed by atoms with Crippen molar-refractivity contribution in [3.63, 3.8) is 0 Å². The molecule has 0 unspecified atom stereocenters. The maximum Gasteiger partial charge on any atom is 0.253 e. The molecule has 0 N–H and O–H groups in total. The standard InChI is InChI=1S/C29H28N4O4/c34-27(16-15-26-30-31-28(37-26)23-9-5-2-6-10-23)32-17-19-33(20-18-32)29(35)24-11-13-25(14-12-24)36-21-22-7-3-1-4-8-22/h1-14H,15-21H2. The van der Waals surface area contributed by atoms with Crippen molar-refractivity contribution in [2.75, 3.05) is 26.2 Å². The van der Waals surface area contributed by atoms with Gasteiger partial charge in [0.05, 0.1) is 0 Å². The van der Waals surface area contributed by atoms with E-state index >= 15 is 0 Å². The molecular formula is C29H28N4O4. The largest absolute Gasteiger partial charge is 0.489 e. The minimum absolute atomic E-state index is 0.0199. The molecule has 0 bridgehead atoms. The van der Waals surface area contributed by atoms with Crippen LogP contribution < -0.4 is 4.74 Å². The average Bonchev–Trinajstić information content (AvgIpc) is 3.45. The van der Waals surface area contributed by atoms with Crippen LogP contribution in [0.2, 0.25) is 0 Å². The number of carbonyl (C=O) groups excluding carboxylic acids is 2. The van der Waals surface area contributed by atoms with Crippen LogP contribution in [0, 0.1) is 0 Å². The average molecular weight is 497 g/mol. The first-order valence-electron chi connectivity index (χ1n) is 12.4. The highest BCUT2D eigenvalue weighted by Crippen LogP contribution is 2.19. The van der Waals surface area contributed by atoms with E-state index in [1.807, 2.05) is 72.8 Å². The number of amides is 2. The molecule has 0 spiro atoms. The summed E-state index contributed by atoms with van der Waals surface area (Å²) >= 11 is 0. The van der Waals surface area contributed by atoms with Gasteiger partial charge in [-0.3, -0.25) is 9.59 Å². The van der Waals surface area contributed by atoms with Crippen molar-refractivity contribution in [2.45, 2.75) is 19.4 Å². The van der Waals surface area contributed by atoms with Gasteiger partial charge in [-0.15, -0.1) is 10.2 Å². The maximum atomic E-state index is 13.0.